The third kappa shape index (κ3) is 4.43. The molecule has 0 saturated carbocycles. The van der Waals surface area contributed by atoms with Crippen LogP contribution >= 0.6 is 0 Å². The number of nitrogens with zero attached hydrogens (tertiary/aromatic N) is 1. The molecular formula is C16H28N2. The van der Waals surface area contributed by atoms with Crippen molar-refractivity contribution in [3.8, 4) is 0 Å². The van der Waals surface area contributed by atoms with Crippen LogP contribution in [0.5, 0.6) is 0 Å². The molecular weight excluding hydrogens is 220 g/mol. The molecule has 1 N–H and O–H groups in total. The molecule has 0 amide bonds. The van der Waals surface area contributed by atoms with E-state index in [1.807, 2.05) is 7.05 Å². The second-order valence-corrected chi connectivity index (χ2v) is 5.34. The van der Waals surface area contributed by atoms with E-state index >= 15 is 0 Å². The zero-order chi connectivity index (χ0) is 13.5. The van der Waals surface area contributed by atoms with Gasteiger partial charge >= 0.3 is 0 Å². The minimum atomic E-state index is 1.06. The number of hydrogen-bond acceptors (Lipinski definition) is 2. The Labute approximate surface area is 112 Å². The lowest BCUT2D eigenvalue weighted by molar-refractivity contribution is 0.317. The molecule has 0 fully saturated rings. The molecule has 2 nitrogen and oxygen atoms in total. The summed E-state index contributed by atoms with van der Waals surface area (Å²) in [5.41, 5.74) is 5.76. The molecule has 2 heteroatoms. The molecule has 102 valence electrons. The molecule has 0 aliphatic rings. The molecule has 18 heavy (non-hydrogen) atoms. The predicted octanol–water partition coefficient (Wildman–Crippen LogP) is 3.04. The molecule has 0 radical (unpaired) electrons. The number of unbranched alkanes of at least 4 members (excludes halogenated alkanes) is 1. The van der Waals surface area contributed by atoms with E-state index < -0.39 is 0 Å². The highest BCUT2D eigenvalue weighted by atomic mass is 15.1. The van der Waals surface area contributed by atoms with Gasteiger partial charge in [0.15, 0.2) is 0 Å². The molecule has 0 aliphatic carbocycles. The minimum absolute atomic E-state index is 1.06. The summed E-state index contributed by atoms with van der Waals surface area (Å²) in [5.74, 6) is 0. The monoisotopic (exact) mass is 248 g/mol. The fourth-order valence-electron chi connectivity index (χ4n) is 2.24. The Hall–Kier alpha value is -0.860. The summed E-state index contributed by atoms with van der Waals surface area (Å²) in [6, 6.07) is 4.52. The van der Waals surface area contributed by atoms with E-state index in [2.05, 4.69) is 50.2 Å². The largest absolute Gasteiger partial charge is 0.320 e. The van der Waals surface area contributed by atoms with Gasteiger partial charge in [-0.25, -0.2) is 0 Å². The van der Waals surface area contributed by atoms with Gasteiger partial charge in [-0.3, -0.25) is 0 Å². The molecule has 0 heterocycles. The Morgan fingerprint density at radius 2 is 1.78 bits per heavy atom. The molecule has 0 bridgehead atoms. The first-order chi connectivity index (χ1) is 8.56. The van der Waals surface area contributed by atoms with Gasteiger partial charge in [-0.1, -0.05) is 12.1 Å². The van der Waals surface area contributed by atoms with Crippen LogP contribution in [0.1, 0.15) is 35.1 Å². The van der Waals surface area contributed by atoms with Crippen molar-refractivity contribution in [2.24, 2.45) is 0 Å². The third-order valence-electron chi connectivity index (χ3n) is 3.83. The van der Waals surface area contributed by atoms with Crippen molar-refractivity contribution < 1.29 is 0 Å². The fraction of sp³-hybridized carbons (Fsp3) is 0.625. The number of benzene rings is 1. The molecule has 0 unspecified atom stereocenters. The fourth-order valence-corrected chi connectivity index (χ4v) is 2.24. The molecule has 0 atom stereocenters. The van der Waals surface area contributed by atoms with Crippen LogP contribution in [0.2, 0.25) is 0 Å². The highest BCUT2D eigenvalue weighted by Crippen LogP contribution is 2.18. The van der Waals surface area contributed by atoms with Gasteiger partial charge in [0.1, 0.15) is 0 Å². The van der Waals surface area contributed by atoms with Crippen molar-refractivity contribution in [3.63, 3.8) is 0 Å². The molecule has 1 rings (SSSR count). The average Bonchev–Trinajstić information content (AvgIpc) is 2.35. The third-order valence-corrected chi connectivity index (χ3v) is 3.83. The van der Waals surface area contributed by atoms with Gasteiger partial charge in [0.05, 0.1) is 0 Å². The maximum Gasteiger partial charge on any atom is 0.0233 e. The Kier molecular flexibility index (Phi) is 6.37. The standard InChI is InChI=1S/C16H28N2/c1-13-8-9-16(15(3)14(13)2)12-18(5)11-7-6-10-17-4/h8-9,17H,6-7,10-12H2,1-5H3. The summed E-state index contributed by atoms with van der Waals surface area (Å²) < 4.78 is 0. The summed E-state index contributed by atoms with van der Waals surface area (Å²) in [4.78, 5) is 2.42. The highest BCUT2D eigenvalue weighted by molar-refractivity contribution is 5.38. The van der Waals surface area contributed by atoms with Gasteiger partial charge in [-0.05, 0) is 83.1 Å². The topological polar surface area (TPSA) is 15.3 Å². The van der Waals surface area contributed by atoms with Crippen LogP contribution < -0.4 is 5.32 Å². The first-order valence-corrected chi connectivity index (χ1v) is 6.95. The lowest BCUT2D eigenvalue weighted by Gasteiger charge is -2.19. The van der Waals surface area contributed by atoms with Crippen molar-refractivity contribution in [1.29, 1.82) is 0 Å². The van der Waals surface area contributed by atoms with E-state index in [-0.39, 0.29) is 0 Å². The molecule has 1 aromatic rings. The van der Waals surface area contributed by atoms with E-state index in [4.69, 9.17) is 0 Å². The lowest BCUT2D eigenvalue weighted by atomic mass is 9.98. The number of aryl methyl sites for hydroxylation is 1. The van der Waals surface area contributed by atoms with Gasteiger partial charge < -0.3 is 10.2 Å². The summed E-state index contributed by atoms with van der Waals surface area (Å²) in [6.45, 7) is 10.0. The Bertz CT molecular complexity index is 372. The first kappa shape index (κ1) is 15.2. The average molecular weight is 248 g/mol. The van der Waals surface area contributed by atoms with Crippen LogP contribution in [0.3, 0.4) is 0 Å². The molecule has 0 spiro atoms. The summed E-state index contributed by atoms with van der Waals surface area (Å²) >= 11 is 0. The number of rotatable bonds is 7. The predicted molar refractivity (Wildman–Crippen MR) is 80.1 cm³/mol. The highest BCUT2D eigenvalue weighted by Gasteiger charge is 2.06. The second-order valence-electron chi connectivity index (χ2n) is 5.34. The zero-order valence-corrected chi connectivity index (χ0v) is 12.6. The molecule has 0 aromatic heterocycles. The summed E-state index contributed by atoms with van der Waals surface area (Å²) in [6.07, 6.45) is 2.52. The smallest absolute Gasteiger partial charge is 0.0233 e. The van der Waals surface area contributed by atoms with Gasteiger partial charge in [0.2, 0.25) is 0 Å². The Balaban J connectivity index is 2.49. The van der Waals surface area contributed by atoms with E-state index in [0.29, 0.717) is 0 Å². The van der Waals surface area contributed by atoms with Gasteiger partial charge in [0, 0.05) is 6.54 Å². The van der Waals surface area contributed by atoms with Crippen molar-refractivity contribution in [3.05, 3.63) is 34.4 Å². The second kappa shape index (κ2) is 7.55. The summed E-state index contributed by atoms with van der Waals surface area (Å²) in [5, 5.41) is 3.20. The Morgan fingerprint density at radius 1 is 1.06 bits per heavy atom. The molecule has 1 aromatic carbocycles. The van der Waals surface area contributed by atoms with Crippen LogP contribution in [0.25, 0.3) is 0 Å². The maximum atomic E-state index is 3.20. The van der Waals surface area contributed by atoms with Crippen molar-refractivity contribution in [1.82, 2.24) is 10.2 Å². The van der Waals surface area contributed by atoms with E-state index in [1.54, 1.807) is 0 Å². The van der Waals surface area contributed by atoms with E-state index in [1.165, 1.54) is 41.6 Å². The van der Waals surface area contributed by atoms with Gasteiger partial charge in [-0.2, -0.15) is 0 Å². The van der Waals surface area contributed by atoms with Crippen LogP contribution in [0.4, 0.5) is 0 Å². The van der Waals surface area contributed by atoms with Crippen LogP contribution in [-0.2, 0) is 6.54 Å². The maximum absolute atomic E-state index is 3.20. The first-order valence-electron chi connectivity index (χ1n) is 6.95. The lowest BCUT2D eigenvalue weighted by Crippen LogP contribution is -2.21. The van der Waals surface area contributed by atoms with Crippen molar-refractivity contribution in [2.45, 2.75) is 40.2 Å². The molecule has 0 aliphatic heterocycles. The SMILES string of the molecule is CNCCCCN(C)Cc1ccc(C)c(C)c1C. The Morgan fingerprint density at radius 3 is 2.44 bits per heavy atom. The van der Waals surface area contributed by atoms with Crippen LogP contribution in [0, 0.1) is 20.8 Å². The normalized spacial score (nSPS) is 11.2. The van der Waals surface area contributed by atoms with Crippen LogP contribution in [-0.4, -0.2) is 32.1 Å². The van der Waals surface area contributed by atoms with Gasteiger partial charge in [-0.15, -0.1) is 0 Å². The minimum Gasteiger partial charge on any atom is -0.320 e. The van der Waals surface area contributed by atoms with Crippen molar-refractivity contribution >= 4 is 0 Å². The van der Waals surface area contributed by atoms with E-state index in [9.17, 15) is 0 Å². The summed E-state index contributed by atoms with van der Waals surface area (Å²) in [7, 11) is 4.23. The molecule has 0 saturated heterocycles. The van der Waals surface area contributed by atoms with E-state index in [0.717, 1.165) is 13.1 Å². The number of nitrogens with one attached hydrogen (secondary N) is 1. The zero-order valence-electron chi connectivity index (χ0n) is 12.6. The van der Waals surface area contributed by atoms with Crippen LogP contribution in [0.15, 0.2) is 12.1 Å². The number of hydrogen-bond donors (Lipinski definition) is 1. The van der Waals surface area contributed by atoms with Gasteiger partial charge in [0.25, 0.3) is 0 Å². The van der Waals surface area contributed by atoms with Crippen molar-refractivity contribution in [2.75, 3.05) is 27.2 Å². The quantitative estimate of drug-likeness (QED) is 0.746.